The predicted octanol–water partition coefficient (Wildman–Crippen LogP) is 4.37. The second-order valence-corrected chi connectivity index (χ2v) is 7.09. The second kappa shape index (κ2) is 10.0. The largest absolute Gasteiger partial charge is 0.380 e. The highest BCUT2D eigenvalue weighted by Crippen LogP contribution is 2.22. The van der Waals surface area contributed by atoms with E-state index in [1.807, 2.05) is 61.5 Å². The molecule has 1 heterocycles. The van der Waals surface area contributed by atoms with Gasteiger partial charge in [-0.25, -0.2) is 4.68 Å². The van der Waals surface area contributed by atoms with E-state index in [1.54, 1.807) is 17.9 Å². The molecule has 1 amide bonds. The van der Waals surface area contributed by atoms with Gasteiger partial charge in [0.2, 0.25) is 5.91 Å². The Morgan fingerprint density at radius 1 is 1.10 bits per heavy atom. The van der Waals surface area contributed by atoms with Crippen molar-refractivity contribution in [1.29, 1.82) is 0 Å². The second-order valence-electron chi connectivity index (χ2n) is 6.73. The fourth-order valence-electron chi connectivity index (χ4n) is 2.94. The maximum Gasteiger partial charge on any atom is 0.244 e. The summed E-state index contributed by atoms with van der Waals surface area (Å²) in [5, 5.41) is 7.89. The van der Waals surface area contributed by atoms with Crippen LogP contribution in [0.25, 0.3) is 6.08 Å². The third kappa shape index (κ3) is 5.79. The van der Waals surface area contributed by atoms with Crippen molar-refractivity contribution in [2.75, 3.05) is 7.11 Å². The van der Waals surface area contributed by atoms with Gasteiger partial charge in [-0.15, -0.1) is 0 Å². The summed E-state index contributed by atoms with van der Waals surface area (Å²) in [6.45, 7) is 3.50. The van der Waals surface area contributed by atoms with Crippen molar-refractivity contribution in [3.63, 3.8) is 0 Å². The van der Waals surface area contributed by atoms with Crippen LogP contribution in [0.4, 0.5) is 0 Å². The number of carbonyl (C=O) groups is 1. The highest BCUT2D eigenvalue weighted by molar-refractivity contribution is 6.31. The topological polar surface area (TPSA) is 56.1 Å². The number of carbonyl (C=O) groups excluding carboxylic acids is 1. The number of hydrogen-bond acceptors (Lipinski definition) is 3. The van der Waals surface area contributed by atoms with Crippen LogP contribution in [-0.4, -0.2) is 22.8 Å². The Hall–Kier alpha value is -2.89. The minimum atomic E-state index is -0.183. The highest BCUT2D eigenvalue weighted by Gasteiger charge is 2.11. The van der Waals surface area contributed by atoms with Crippen molar-refractivity contribution in [3.8, 4) is 0 Å². The van der Waals surface area contributed by atoms with Gasteiger partial charge >= 0.3 is 0 Å². The van der Waals surface area contributed by atoms with Crippen LogP contribution in [0, 0.1) is 6.92 Å². The van der Waals surface area contributed by atoms with Gasteiger partial charge < -0.3 is 10.1 Å². The molecule has 0 saturated heterocycles. The molecule has 5 nitrogen and oxygen atoms in total. The fraction of sp³-hybridized carbons (Fsp3) is 0.217. The summed E-state index contributed by atoms with van der Waals surface area (Å²) in [4.78, 5) is 12.2. The Balaban J connectivity index is 1.59. The molecule has 0 radical (unpaired) electrons. The summed E-state index contributed by atoms with van der Waals surface area (Å²) in [7, 11) is 1.67. The Morgan fingerprint density at radius 2 is 1.79 bits per heavy atom. The third-order valence-electron chi connectivity index (χ3n) is 4.49. The van der Waals surface area contributed by atoms with Crippen LogP contribution in [0.1, 0.15) is 27.9 Å². The standard InChI is InChI=1S/C23H24ClN3O2/c1-17-21(23(24)27(26-17)15-19-6-4-3-5-7-19)12-13-22(28)25-14-18-8-10-20(11-9-18)16-29-2/h3-13H,14-16H2,1-2H3,(H,25,28)/b13-12+. The normalized spacial score (nSPS) is 11.1. The van der Waals surface area contributed by atoms with E-state index in [9.17, 15) is 4.79 Å². The van der Waals surface area contributed by atoms with Gasteiger partial charge in [0, 0.05) is 25.3 Å². The Morgan fingerprint density at radius 3 is 2.48 bits per heavy atom. The first-order valence-electron chi connectivity index (χ1n) is 9.36. The lowest BCUT2D eigenvalue weighted by Crippen LogP contribution is -2.20. The molecule has 1 aromatic heterocycles. The zero-order chi connectivity index (χ0) is 20.6. The van der Waals surface area contributed by atoms with Crippen molar-refractivity contribution in [3.05, 3.63) is 93.8 Å². The lowest BCUT2D eigenvalue weighted by molar-refractivity contribution is -0.116. The van der Waals surface area contributed by atoms with Gasteiger partial charge in [-0.05, 0) is 29.7 Å². The van der Waals surface area contributed by atoms with E-state index in [2.05, 4.69) is 10.4 Å². The van der Waals surface area contributed by atoms with Crippen molar-refractivity contribution >= 4 is 23.6 Å². The Bertz CT molecular complexity index is 979. The summed E-state index contributed by atoms with van der Waals surface area (Å²) in [6.07, 6.45) is 3.20. The highest BCUT2D eigenvalue weighted by atomic mass is 35.5. The molecule has 2 aromatic carbocycles. The van der Waals surface area contributed by atoms with Gasteiger partial charge in [0.05, 0.1) is 18.8 Å². The first-order valence-corrected chi connectivity index (χ1v) is 9.74. The molecule has 150 valence electrons. The van der Waals surface area contributed by atoms with Crippen molar-refractivity contribution in [2.45, 2.75) is 26.6 Å². The van der Waals surface area contributed by atoms with Crippen LogP contribution in [0.3, 0.4) is 0 Å². The van der Waals surface area contributed by atoms with Gasteiger partial charge in [-0.1, -0.05) is 66.2 Å². The van der Waals surface area contributed by atoms with Crippen molar-refractivity contribution in [1.82, 2.24) is 15.1 Å². The van der Waals surface area contributed by atoms with Gasteiger partial charge in [-0.2, -0.15) is 5.10 Å². The van der Waals surface area contributed by atoms with Crippen molar-refractivity contribution < 1.29 is 9.53 Å². The number of amides is 1. The van der Waals surface area contributed by atoms with Crippen LogP contribution in [0.5, 0.6) is 0 Å². The van der Waals surface area contributed by atoms with Gasteiger partial charge in [0.15, 0.2) is 0 Å². The number of hydrogen-bond donors (Lipinski definition) is 1. The molecule has 0 aliphatic heterocycles. The van der Waals surface area contributed by atoms with Crippen molar-refractivity contribution in [2.24, 2.45) is 0 Å². The van der Waals surface area contributed by atoms with E-state index in [1.165, 1.54) is 6.08 Å². The summed E-state index contributed by atoms with van der Waals surface area (Å²) in [6, 6.07) is 17.9. The zero-order valence-electron chi connectivity index (χ0n) is 16.6. The van der Waals surface area contributed by atoms with E-state index in [0.29, 0.717) is 24.8 Å². The molecule has 0 unspecified atom stereocenters. The summed E-state index contributed by atoms with van der Waals surface area (Å²) < 4.78 is 6.84. The molecule has 0 aliphatic carbocycles. The molecule has 0 fully saturated rings. The first-order chi connectivity index (χ1) is 14.1. The minimum Gasteiger partial charge on any atom is -0.380 e. The molecule has 3 rings (SSSR count). The molecule has 0 bridgehead atoms. The summed E-state index contributed by atoms with van der Waals surface area (Å²) >= 11 is 6.48. The monoisotopic (exact) mass is 409 g/mol. The number of nitrogens with zero attached hydrogens (tertiary/aromatic N) is 2. The van der Waals surface area contributed by atoms with E-state index in [0.717, 1.165) is 27.9 Å². The third-order valence-corrected chi connectivity index (χ3v) is 4.89. The number of rotatable bonds is 8. The summed E-state index contributed by atoms with van der Waals surface area (Å²) in [5.74, 6) is -0.183. The van der Waals surface area contributed by atoms with E-state index in [-0.39, 0.29) is 5.91 Å². The zero-order valence-corrected chi connectivity index (χ0v) is 17.3. The number of aryl methyl sites for hydroxylation is 1. The van der Waals surface area contributed by atoms with E-state index < -0.39 is 0 Å². The molecule has 29 heavy (non-hydrogen) atoms. The molecular formula is C23H24ClN3O2. The Kier molecular flexibility index (Phi) is 7.22. The van der Waals surface area contributed by atoms with Gasteiger partial charge in [-0.3, -0.25) is 4.79 Å². The van der Waals surface area contributed by atoms with Crippen LogP contribution in [0.15, 0.2) is 60.7 Å². The van der Waals surface area contributed by atoms with Gasteiger partial charge in [0.25, 0.3) is 0 Å². The van der Waals surface area contributed by atoms with Crippen LogP contribution in [0.2, 0.25) is 5.15 Å². The van der Waals surface area contributed by atoms with Crippen LogP contribution < -0.4 is 5.32 Å². The van der Waals surface area contributed by atoms with E-state index in [4.69, 9.17) is 16.3 Å². The number of nitrogens with one attached hydrogen (secondary N) is 1. The van der Waals surface area contributed by atoms with Gasteiger partial charge in [0.1, 0.15) is 5.15 Å². The lowest BCUT2D eigenvalue weighted by Gasteiger charge is -2.05. The maximum absolute atomic E-state index is 12.2. The first kappa shape index (κ1) is 20.8. The SMILES string of the molecule is COCc1ccc(CNC(=O)/C=C/c2c(C)nn(Cc3ccccc3)c2Cl)cc1. The fourth-order valence-corrected chi connectivity index (χ4v) is 3.24. The summed E-state index contributed by atoms with van der Waals surface area (Å²) in [5.41, 5.74) is 4.77. The average Bonchev–Trinajstić information content (AvgIpc) is 2.99. The predicted molar refractivity (Wildman–Crippen MR) is 116 cm³/mol. The quantitative estimate of drug-likeness (QED) is 0.562. The van der Waals surface area contributed by atoms with E-state index >= 15 is 0 Å². The van der Waals surface area contributed by atoms with Crippen LogP contribution in [-0.2, 0) is 29.2 Å². The average molecular weight is 410 g/mol. The molecule has 0 aliphatic rings. The molecule has 1 N–H and O–H groups in total. The Labute approximate surface area is 176 Å². The minimum absolute atomic E-state index is 0.183. The maximum atomic E-state index is 12.2. The van der Waals surface area contributed by atoms with Crippen LogP contribution >= 0.6 is 11.6 Å². The number of methoxy groups -OCH3 is 1. The lowest BCUT2D eigenvalue weighted by atomic mass is 10.1. The molecular weight excluding hydrogens is 386 g/mol. The number of ether oxygens (including phenoxy) is 1. The number of halogens is 1. The molecule has 0 spiro atoms. The molecule has 6 heteroatoms. The molecule has 0 saturated carbocycles. The smallest absolute Gasteiger partial charge is 0.244 e. The molecule has 3 aromatic rings. The number of aromatic nitrogens is 2. The number of benzene rings is 2. The molecule has 0 atom stereocenters.